The van der Waals surface area contributed by atoms with E-state index < -0.39 is 0 Å². The number of likely N-dealkylation sites (tertiary alicyclic amines) is 1. The highest BCUT2D eigenvalue weighted by atomic mass is 16.5. The van der Waals surface area contributed by atoms with Gasteiger partial charge in [-0.3, -0.25) is 4.79 Å². The Hall–Kier alpha value is -4.05. The van der Waals surface area contributed by atoms with E-state index in [1.807, 2.05) is 39.1 Å². The molecular weight excluding hydrogens is 494 g/mol. The van der Waals surface area contributed by atoms with E-state index in [2.05, 4.69) is 21.8 Å². The summed E-state index contributed by atoms with van der Waals surface area (Å²) in [4.78, 5) is 35.3. The number of aliphatic imine (C=N–C) groups is 2. The van der Waals surface area contributed by atoms with Crippen LogP contribution < -0.4 is 15.0 Å². The lowest BCUT2D eigenvalue weighted by molar-refractivity contribution is -0.130. The molecule has 0 unspecified atom stereocenters. The molecule has 10 nitrogen and oxygen atoms in total. The van der Waals surface area contributed by atoms with Gasteiger partial charge in [-0.1, -0.05) is 6.58 Å². The molecule has 6 heterocycles. The summed E-state index contributed by atoms with van der Waals surface area (Å²) in [5.41, 5.74) is 7.50. The van der Waals surface area contributed by atoms with Crippen molar-refractivity contribution in [2.45, 2.75) is 33.8 Å². The van der Waals surface area contributed by atoms with E-state index in [1.165, 1.54) is 6.08 Å². The molecule has 0 radical (unpaired) electrons. The fourth-order valence-corrected chi connectivity index (χ4v) is 5.49. The van der Waals surface area contributed by atoms with Crippen molar-refractivity contribution < 1.29 is 14.3 Å². The minimum absolute atomic E-state index is 0.0540. The van der Waals surface area contributed by atoms with Crippen molar-refractivity contribution in [1.29, 1.82) is 0 Å². The Balaban J connectivity index is 1.31. The second-order valence-corrected chi connectivity index (χ2v) is 10.3. The zero-order valence-electron chi connectivity index (χ0n) is 22.7. The van der Waals surface area contributed by atoms with Crippen LogP contribution in [0.2, 0.25) is 0 Å². The number of carbonyl (C=O) groups excluding carboxylic acids is 1. The molecule has 1 N–H and O–H groups in total. The van der Waals surface area contributed by atoms with Gasteiger partial charge in [0.1, 0.15) is 18.3 Å². The molecule has 2 saturated heterocycles. The molecule has 10 heteroatoms. The first-order chi connectivity index (χ1) is 18.9. The van der Waals surface area contributed by atoms with Gasteiger partial charge in [0.2, 0.25) is 5.91 Å². The molecule has 0 spiro atoms. The van der Waals surface area contributed by atoms with Gasteiger partial charge < -0.3 is 24.6 Å². The Morgan fingerprint density at radius 1 is 1.18 bits per heavy atom. The number of amidine groups is 1. The summed E-state index contributed by atoms with van der Waals surface area (Å²) in [6.45, 7) is 14.3. The number of allylic oxidation sites excluding steroid dienone is 2. The number of rotatable bonds is 4. The molecule has 4 aliphatic heterocycles. The van der Waals surface area contributed by atoms with Crippen LogP contribution in [0, 0.1) is 12.8 Å². The largest absolute Gasteiger partial charge is 0.485 e. The molecule has 2 aromatic heterocycles. The number of nitrogens with zero attached hydrogens (tertiary/aromatic N) is 6. The Labute approximate surface area is 228 Å². The maximum atomic E-state index is 11.9. The second-order valence-electron chi connectivity index (χ2n) is 10.3. The topological polar surface area (TPSA) is 105 Å². The molecule has 0 bridgehead atoms. The van der Waals surface area contributed by atoms with Crippen LogP contribution in [0.15, 0.2) is 46.7 Å². The van der Waals surface area contributed by atoms with Crippen LogP contribution in [0.25, 0.3) is 5.57 Å². The molecule has 4 aliphatic rings. The number of anilines is 3. The van der Waals surface area contributed by atoms with E-state index in [0.29, 0.717) is 39.3 Å². The van der Waals surface area contributed by atoms with E-state index in [-0.39, 0.29) is 11.8 Å². The molecule has 0 atom stereocenters. The first kappa shape index (κ1) is 25.2. The highest BCUT2D eigenvalue weighted by Crippen LogP contribution is 2.40. The number of aryl methyl sites for hydroxylation is 1. The van der Waals surface area contributed by atoms with Crippen LogP contribution in [0.1, 0.15) is 37.2 Å². The first-order valence-electron chi connectivity index (χ1n) is 13.4. The van der Waals surface area contributed by atoms with Gasteiger partial charge in [-0.05, 0) is 39.0 Å². The van der Waals surface area contributed by atoms with E-state index in [0.717, 1.165) is 75.8 Å². The van der Waals surface area contributed by atoms with E-state index >= 15 is 0 Å². The number of nitrogens with one attached hydrogen (secondary N) is 1. The third-order valence-electron chi connectivity index (χ3n) is 7.64. The van der Waals surface area contributed by atoms with Gasteiger partial charge in [0.15, 0.2) is 5.75 Å². The summed E-state index contributed by atoms with van der Waals surface area (Å²) in [5.74, 6) is 2.37. The van der Waals surface area contributed by atoms with Crippen LogP contribution in [-0.2, 0) is 16.1 Å². The van der Waals surface area contributed by atoms with Crippen molar-refractivity contribution in [3.05, 3.63) is 53.6 Å². The standard InChI is InChI=1S/C29H33N7O3/c1-5-26(37)36-14-20(15-36)28-31-17(2)12-21(18(3)33-28)23-13-24-27(19(4)32-23)39-16-22-25(6-7-30-29(22)34-24)35-8-10-38-11-9-35/h5-7,13,20H,1,8-12,14-16H2,2-4H3,(H,30,34). The second kappa shape index (κ2) is 10.3. The Morgan fingerprint density at radius 3 is 2.74 bits per heavy atom. The van der Waals surface area contributed by atoms with Gasteiger partial charge in [0, 0.05) is 61.5 Å². The maximum Gasteiger partial charge on any atom is 0.246 e. The molecule has 0 aliphatic carbocycles. The predicted octanol–water partition coefficient (Wildman–Crippen LogP) is 3.90. The normalized spacial score (nSPS) is 19.4. The number of amides is 1. The molecular formula is C29H33N7O3. The number of ether oxygens (including phenoxy) is 2. The highest BCUT2D eigenvalue weighted by Gasteiger charge is 2.34. The minimum atomic E-state index is -0.0540. The van der Waals surface area contributed by atoms with E-state index in [1.54, 1.807) is 4.90 Å². The third kappa shape index (κ3) is 4.80. The number of fused-ring (bicyclic) bond motifs is 2. The summed E-state index contributed by atoms with van der Waals surface area (Å²) in [7, 11) is 0. The zero-order valence-corrected chi connectivity index (χ0v) is 22.7. The first-order valence-corrected chi connectivity index (χ1v) is 13.4. The Morgan fingerprint density at radius 2 is 1.97 bits per heavy atom. The molecule has 39 heavy (non-hydrogen) atoms. The summed E-state index contributed by atoms with van der Waals surface area (Å²) in [6, 6.07) is 4.08. The van der Waals surface area contributed by atoms with Crippen LogP contribution >= 0.6 is 0 Å². The molecule has 6 rings (SSSR count). The summed E-state index contributed by atoms with van der Waals surface area (Å²) in [6.07, 6.45) is 3.84. The third-order valence-corrected chi connectivity index (χ3v) is 7.64. The van der Waals surface area contributed by atoms with Crippen molar-refractivity contribution in [2.75, 3.05) is 49.6 Å². The number of aromatic nitrogens is 2. The number of hydrogen-bond acceptors (Lipinski definition) is 9. The maximum absolute atomic E-state index is 11.9. The number of pyridine rings is 2. The lowest BCUT2D eigenvalue weighted by Gasteiger charge is -2.38. The average molecular weight is 528 g/mol. The Kier molecular flexibility index (Phi) is 6.64. The molecule has 2 fully saturated rings. The van der Waals surface area contributed by atoms with Crippen LogP contribution in [0.4, 0.5) is 17.2 Å². The van der Waals surface area contributed by atoms with Crippen LogP contribution in [0.5, 0.6) is 5.75 Å². The van der Waals surface area contributed by atoms with Crippen molar-refractivity contribution >= 4 is 40.2 Å². The van der Waals surface area contributed by atoms with E-state index in [4.69, 9.17) is 24.4 Å². The fraction of sp³-hybridized carbons (Fsp3) is 0.414. The van der Waals surface area contributed by atoms with Gasteiger partial charge in [0.05, 0.1) is 41.8 Å². The van der Waals surface area contributed by atoms with Crippen molar-refractivity contribution in [3.8, 4) is 5.75 Å². The SMILES string of the molecule is C=CC(=O)N1CC(C2=NC(C)=C(c3cc4c(c(C)n3)OCc3c(N5CCOCC5)ccnc3N4)CC(C)=N2)C1. The summed E-state index contributed by atoms with van der Waals surface area (Å²) >= 11 is 0. The van der Waals surface area contributed by atoms with Crippen molar-refractivity contribution in [1.82, 2.24) is 14.9 Å². The smallest absolute Gasteiger partial charge is 0.246 e. The number of carbonyl (C=O) groups is 1. The van der Waals surface area contributed by atoms with Crippen molar-refractivity contribution in [3.63, 3.8) is 0 Å². The lowest BCUT2D eigenvalue weighted by Crippen LogP contribution is -2.52. The van der Waals surface area contributed by atoms with Gasteiger partial charge in [-0.15, -0.1) is 0 Å². The predicted molar refractivity (Wildman–Crippen MR) is 152 cm³/mol. The van der Waals surface area contributed by atoms with Crippen LogP contribution in [-0.4, -0.2) is 71.7 Å². The molecule has 2 aromatic rings. The average Bonchev–Trinajstić information content (AvgIpc) is 3.19. The van der Waals surface area contributed by atoms with Crippen molar-refractivity contribution in [2.24, 2.45) is 15.9 Å². The number of morpholine rings is 1. The highest BCUT2D eigenvalue weighted by molar-refractivity contribution is 6.05. The zero-order chi connectivity index (χ0) is 27.1. The van der Waals surface area contributed by atoms with Gasteiger partial charge in [-0.2, -0.15) is 0 Å². The Bertz CT molecular complexity index is 1430. The quantitative estimate of drug-likeness (QED) is 0.602. The minimum Gasteiger partial charge on any atom is -0.485 e. The van der Waals surface area contributed by atoms with Gasteiger partial charge in [0.25, 0.3) is 0 Å². The van der Waals surface area contributed by atoms with Crippen LogP contribution in [0.3, 0.4) is 0 Å². The molecule has 1 amide bonds. The van der Waals surface area contributed by atoms with E-state index in [9.17, 15) is 4.79 Å². The van der Waals surface area contributed by atoms with Gasteiger partial charge >= 0.3 is 0 Å². The fourth-order valence-electron chi connectivity index (χ4n) is 5.49. The monoisotopic (exact) mass is 527 g/mol. The van der Waals surface area contributed by atoms with Gasteiger partial charge in [-0.25, -0.2) is 20.0 Å². The molecule has 0 aromatic carbocycles. The molecule has 202 valence electrons. The summed E-state index contributed by atoms with van der Waals surface area (Å²) < 4.78 is 11.9. The number of hydrogen-bond donors (Lipinski definition) is 1. The summed E-state index contributed by atoms with van der Waals surface area (Å²) in [5, 5.41) is 3.54. The molecule has 0 saturated carbocycles. The lowest BCUT2D eigenvalue weighted by atomic mass is 9.98.